The minimum absolute atomic E-state index is 0.155. The van der Waals surface area contributed by atoms with Gasteiger partial charge >= 0.3 is 7.60 Å². The van der Waals surface area contributed by atoms with Crippen LogP contribution in [0.3, 0.4) is 0 Å². The normalized spacial score (nSPS) is 12.2. The monoisotopic (exact) mass is 321 g/mol. The van der Waals surface area contributed by atoms with E-state index >= 15 is 0 Å². The summed E-state index contributed by atoms with van der Waals surface area (Å²) in [6.45, 7) is 9.99. The Kier molecular flexibility index (Phi) is 9.79. The Morgan fingerprint density at radius 3 is 2.29 bits per heavy atom. The van der Waals surface area contributed by atoms with Crippen LogP contribution in [0.1, 0.15) is 20.3 Å². The van der Waals surface area contributed by atoms with Crippen LogP contribution in [0.15, 0.2) is 12.7 Å². The highest BCUT2D eigenvalue weighted by Crippen LogP contribution is 2.47. The van der Waals surface area contributed by atoms with E-state index in [0.717, 1.165) is 13.0 Å². The Balaban J connectivity index is 4.17. The highest BCUT2D eigenvalue weighted by Gasteiger charge is 2.28. The van der Waals surface area contributed by atoms with Crippen LogP contribution in [0.4, 0.5) is 0 Å². The highest BCUT2D eigenvalue weighted by atomic mass is 31.2. The first-order valence-corrected chi connectivity index (χ1v) is 9.11. The van der Waals surface area contributed by atoms with Crippen molar-refractivity contribution in [1.82, 2.24) is 5.32 Å². The molecule has 0 unspecified atom stereocenters. The summed E-state index contributed by atoms with van der Waals surface area (Å²) in [4.78, 5) is 11.0. The average molecular weight is 321 g/mol. The van der Waals surface area contributed by atoms with Gasteiger partial charge in [0.2, 0.25) is 5.91 Å². The minimum Gasteiger partial charge on any atom is -0.352 e. The van der Waals surface area contributed by atoms with Crippen LogP contribution in [-0.4, -0.2) is 63.5 Å². The van der Waals surface area contributed by atoms with Gasteiger partial charge in [-0.25, -0.2) is 0 Å². The fourth-order valence-electron chi connectivity index (χ4n) is 1.86. The molecule has 0 aliphatic carbocycles. The predicted molar refractivity (Wildman–Crippen MR) is 85.4 cm³/mol. The summed E-state index contributed by atoms with van der Waals surface area (Å²) in [5, 5.41) is 2.75. The van der Waals surface area contributed by atoms with E-state index < -0.39 is 7.60 Å². The summed E-state index contributed by atoms with van der Waals surface area (Å²) in [5.41, 5.74) is 0. The van der Waals surface area contributed by atoms with Gasteiger partial charge in [-0.15, -0.1) is 0 Å². The van der Waals surface area contributed by atoms with Crippen LogP contribution in [-0.2, 0) is 18.4 Å². The Labute approximate surface area is 128 Å². The summed E-state index contributed by atoms with van der Waals surface area (Å²) in [7, 11) is 1.16. The molecular weight excluding hydrogens is 291 g/mol. The molecule has 0 aromatic rings. The summed E-state index contributed by atoms with van der Waals surface area (Å²) in [6, 6.07) is 0. The molecule has 7 heteroatoms. The highest BCUT2D eigenvalue weighted by molar-refractivity contribution is 7.53. The second-order valence-corrected chi connectivity index (χ2v) is 7.59. The van der Waals surface area contributed by atoms with E-state index in [-0.39, 0.29) is 5.91 Å². The number of hydrogen-bond donors (Lipinski definition) is 1. The van der Waals surface area contributed by atoms with Gasteiger partial charge in [-0.2, -0.15) is 0 Å². The summed E-state index contributed by atoms with van der Waals surface area (Å²) in [6.07, 6.45) is 2.52. The zero-order chi connectivity index (χ0) is 16.4. The van der Waals surface area contributed by atoms with Crippen molar-refractivity contribution < 1.29 is 22.9 Å². The molecule has 0 aromatic heterocycles. The van der Waals surface area contributed by atoms with E-state index in [2.05, 4.69) is 26.0 Å². The first kappa shape index (κ1) is 20.3. The smallest absolute Gasteiger partial charge is 0.336 e. The van der Waals surface area contributed by atoms with Gasteiger partial charge < -0.3 is 18.8 Å². The maximum Gasteiger partial charge on any atom is 0.336 e. The van der Waals surface area contributed by atoms with Crippen molar-refractivity contribution in [3.63, 3.8) is 0 Å². The maximum atomic E-state index is 12.4. The SMILES string of the molecule is C=CC(=O)NCCC[N+](C)(C)CCP(=O)(OCC)OCC. The van der Waals surface area contributed by atoms with Crippen molar-refractivity contribution in [1.29, 1.82) is 0 Å². The van der Waals surface area contributed by atoms with E-state index in [9.17, 15) is 9.36 Å². The third-order valence-corrected chi connectivity index (χ3v) is 5.11. The number of nitrogens with zero attached hydrogens (tertiary/aromatic N) is 1. The molecule has 0 aliphatic heterocycles. The Bertz CT molecular complexity index is 362. The van der Waals surface area contributed by atoms with Gasteiger partial charge in [0, 0.05) is 13.0 Å². The van der Waals surface area contributed by atoms with Gasteiger partial charge in [0.05, 0.1) is 46.6 Å². The lowest BCUT2D eigenvalue weighted by molar-refractivity contribution is -0.888. The van der Waals surface area contributed by atoms with Gasteiger partial charge in [0.1, 0.15) is 0 Å². The summed E-state index contributed by atoms with van der Waals surface area (Å²) in [5.74, 6) is -0.155. The zero-order valence-electron chi connectivity index (χ0n) is 13.8. The molecule has 0 bridgehead atoms. The Morgan fingerprint density at radius 2 is 1.81 bits per heavy atom. The van der Waals surface area contributed by atoms with E-state index in [1.165, 1.54) is 6.08 Å². The number of hydrogen-bond acceptors (Lipinski definition) is 4. The Hall–Kier alpha value is -0.680. The molecule has 0 aromatic carbocycles. The molecule has 0 fully saturated rings. The van der Waals surface area contributed by atoms with Crippen LogP contribution >= 0.6 is 7.60 Å². The number of carbonyl (C=O) groups is 1. The second-order valence-electron chi connectivity index (χ2n) is 5.40. The van der Waals surface area contributed by atoms with Crippen molar-refractivity contribution >= 4 is 13.5 Å². The summed E-state index contributed by atoms with van der Waals surface area (Å²) >= 11 is 0. The van der Waals surface area contributed by atoms with E-state index in [1.807, 2.05) is 13.8 Å². The van der Waals surface area contributed by atoms with Gasteiger partial charge in [-0.3, -0.25) is 9.36 Å². The van der Waals surface area contributed by atoms with Gasteiger partial charge in [-0.1, -0.05) is 6.58 Å². The zero-order valence-corrected chi connectivity index (χ0v) is 14.7. The first-order valence-electron chi connectivity index (χ1n) is 7.39. The predicted octanol–water partition coefficient (Wildman–Crippen LogP) is 2.02. The van der Waals surface area contributed by atoms with Crippen LogP contribution < -0.4 is 5.32 Å². The van der Waals surface area contributed by atoms with Crippen molar-refractivity contribution in [3.8, 4) is 0 Å². The van der Waals surface area contributed by atoms with E-state index in [4.69, 9.17) is 9.05 Å². The molecule has 0 heterocycles. The molecule has 124 valence electrons. The molecule has 0 saturated heterocycles. The standard InChI is InChI=1S/C14H29N2O4P/c1-6-14(17)15-10-9-11-16(4,5)12-13-21(18,19-7-2)20-8-3/h6H,1,7-13H2,2-5H3/p+1. The van der Waals surface area contributed by atoms with Crippen molar-refractivity contribution in [3.05, 3.63) is 12.7 Å². The quantitative estimate of drug-likeness (QED) is 0.258. The number of nitrogens with one attached hydrogen (secondary N) is 1. The van der Waals surface area contributed by atoms with Crippen molar-refractivity contribution in [2.24, 2.45) is 0 Å². The number of carbonyl (C=O) groups excluding carboxylic acids is 1. The van der Waals surface area contributed by atoms with Crippen LogP contribution in [0.25, 0.3) is 0 Å². The number of rotatable bonds is 12. The van der Waals surface area contributed by atoms with Crippen LogP contribution in [0.2, 0.25) is 0 Å². The number of quaternary nitrogens is 1. The molecule has 0 rings (SSSR count). The largest absolute Gasteiger partial charge is 0.352 e. The van der Waals surface area contributed by atoms with Gasteiger partial charge in [0.15, 0.2) is 0 Å². The average Bonchev–Trinajstić information content (AvgIpc) is 2.42. The van der Waals surface area contributed by atoms with Gasteiger partial charge in [0.25, 0.3) is 0 Å². The Morgan fingerprint density at radius 1 is 1.24 bits per heavy atom. The minimum atomic E-state index is -2.97. The van der Waals surface area contributed by atoms with E-state index in [1.54, 1.807) is 0 Å². The maximum absolute atomic E-state index is 12.4. The molecule has 0 radical (unpaired) electrons. The number of amides is 1. The lowest BCUT2D eigenvalue weighted by Gasteiger charge is -2.31. The molecule has 1 amide bonds. The molecule has 0 atom stereocenters. The lowest BCUT2D eigenvalue weighted by atomic mass is 10.3. The van der Waals surface area contributed by atoms with E-state index in [0.29, 0.717) is 36.9 Å². The fourth-order valence-corrected chi connectivity index (χ4v) is 3.76. The molecule has 1 N–H and O–H groups in total. The second kappa shape index (κ2) is 10.1. The lowest BCUT2D eigenvalue weighted by Crippen LogP contribution is -2.43. The molecule has 6 nitrogen and oxygen atoms in total. The van der Waals surface area contributed by atoms with Crippen LogP contribution in [0, 0.1) is 0 Å². The molecular formula is C14H30N2O4P+. The van der Waals surface area contributed by atoms with Gasteiger partial charge in [-0.05, 0) is 19.9 Å². The van der Waals surface area contributed by atoms with Crippen molar-refractivity contribution in [2.45, 2.75) is 20.3 Å². The third-order valence-electron chi connectivity index (χ3n) is 3.06. The topological polar surface area (TPSA) is 64.6 Å². The van der Waals surface area contributed by atoms with Crippen LogP contribution in [0.5, 0.6) is 0 Å². The fraction of sp³-hybridized carbons (Fsp3) is 0.786. The van der Waals surface area contributed by atoms with Crippen molar-refractivity contribution in [2.75, 3.05) is 53.1 Å². The third kappa shape index (κ3) is 9.80. The molecule has 0 aliphatic rings. The summed E-state index contributed by atoms with van der Waals surface area (Å²) < 4.78 is 23.7. The first-order chi connectivity index (χ1) is 9.78. The molecule has 0 saturated carbocycles. The molecule has 21 heavy (non-hydrogen) atoms. The molecule has 0 spiro atoms.